The van der Waals surface area contributed by atoms with Crippen LogP contribution in [0.2, 0.25) is 0 Å². The summed E-state index contributed by atoms with van der Waals surface area (Å²) in [5, 5.41) is 5.93. The van der Waals surface area contributed by atoms with Crippen molar-refractivity contribution in [1.82, 2.24) is 0 Å². The predicted octanol–water partition coefficient (Wildman–Crippen LogP) is 4.96. The van der Waals surface area contributed by atoms with Crippen LogP contribution in [0.1, 0.15) is 0 Å². The highest BCUT2D eigenvalue weighted by Crippen LogP contribution is 2.16. The van der Waals surface area contributed by atoms with E-state index in [1.165, 1.54) is 0 Å². The first-order valence-electron chi connectivity index (χ1n) is 8.89. The molecule has 0 aliphatic rings. The molecule has 0 radical (unpaired) electrons. The van der Waals surface area contributed by atoms with Gasteiger partial charge in [0, 0.05) is 15.8 Å². The third kappa shape index (κ3) is 6.63. The van der Waals surface area contributed by atoms with Gasteiger partial charge in [-0.05, 0) is 60.7 Å². The maximum Gasteiger partial charge on any atom is 0.243 e. The third-order valence-electron chi connectivity index (χ3n) is 3.80. The van der Waals surface area contributed by atoms with Crippen LogP contribution in [-0.4, -0.2) is 25.7 Å². The summed E-state index contributed by atoms with van der Waals surface area (Å²) >= 11 is 3.37. The van der Waals surface area contributed by atoms with Crippen LogP contribution in [0.25, 0.3) is 0 Å². The zero-order valence-corrected chi connectivity index (χ0v) is 16.8. The molecule has 0 aromatic heterocycles. The van der Waals surface area contributed by atoms with Crippen LogP contribution in [0.3, 0.4) is 0 Å². The molecule has 0 fully saturated rings. The number of hydrogen-bond acceptors (Lipinski definition) is 4. The topological polar surface area (TPSA) is 59.6 Å². The number of carbonyl (C=O) groups excluding carboxylic acids is 1. The minimum Gasteiger partial charge on any atom is -0.490 e. The van der Waals surface area contributed by atoms with Gasteiger partial charge in [-0.1, -0.05) is 34.1 Å². The molecule has 0 aliphatic carbocycles. The Bertz CT molecular complexity index is 869. The van der Waals surface area contributed by atoms with E-state index < -0.39 is 0 Å². The Morgan fingerprint density at radius 3 is 1.96 bits per heavy atom. The maximum atomic E-state index is 12.0. The molecule has 0 atom stereocenters. The highest BCUT2D eigenvalue weighted by Gasteiger charge is 2.03. The molecule has 3 rings (SSSR count). The first-order valence-corrected chi connectivity index (χ1v) is 9.68. The summed E-state index contributed by atoms with van der Waals surface area (Å²) in [6.45, 7) is 1.11. The minimum absolute atomic E-state index is 0.110. The molecule has 3 aromatic carbocycles. The number of benzene rings is 3. The number of hydrogen-bond donors (Lipinski definition) is 2. The Balaban J connectivity index is 1.36. The van der Waals surface area contributed by atoms with Gasteiger partial charge < -0.3 is 20.1 Å². The molecule has 1 amide bonds. The van der Waals surface area contributed by atoms with Gasteiger partial charge in [-0.15, -0.1) is 0 Å². The number of carbonyl (C=O) groups is 1. The van der Waals surface area contributed by atoms with Gasteiger partial charge in [-0.25, -0.2) is 0 Å². The van der Waals surface area contributed by atoms with Gasteiger partial charge in [0.1, 0.15) is 24.7 Å². The van der Waals surface area contributed by atoms with E-state index in [1.54, 1.807) is 0 Å². The fourth-order valence-corrected chi connectivity index (χ4v) is 2.69. The van der Waals surface area contributed by atoms with E-state index >= 15 is 0 Å². The number of nitrogens with one attached hydrogen (secondary N) is 2. The van der Waals surface area contributed by atoms with Crippen molar-refractivity contribution in [1.29, 1.82) is 0 Å². The largest absolute Gasteiger partial charge is 0.490 e. The standard InChI is InChI=1S/C22H21BrN2O3/c23-17-6-8-19(9-7-17)25-22(26)16-24-18-10-12-21(13-11-18)28-15-14-27-20-4-2-1-3-5-20/h1-13,24H,14-16H2,(H,25,26). The molecule has 0 unspecified atom stereocenters. The Morgan fingerprint density at radius 1 is 0.750 bits per heavy atom. The first-order chi connectivity index (χ1) is 13.7. The number of anilines is 2. The molecule has 3 aromatic rings. The Hall–Kier alpha value is -2.99. The van der Waals surface area contributed by atoms with Gasteiger partial charge in [-0.2, -0.15) is 0 Å². The average Bonchev–Trinajstić information content (AvgIpc) is 2.73. The van der Waals surface area contributed by atoms with Gasteiger partial charge >= 0.3 is 0 Å². The van der Waals surface area contributed by atoms with Gasteiger partial charge in [0.25, 0.3) is 0 Å². The lowest BCUT2D eigenvalue weighted by Gasteiger charge is -2.10. The van der Waals surface area contributed by atoms with Crippen molar-refractivity contribution in [3.05, 3.63) is 83.3 Å². The van der Waals surface area contributed by atoms with E-state index in [0.29, 0.717) is 13.2 Å². The van der Waals surface area contributed by atoms with Crippen LogP contribution in [0, 0.1) is 0 Å². The third-order valence-corrected chi connectivity index (χ3v) is 4.33. The van der Waals surface area contributed by atoms with E-state index in [9.17, 15) is 4.79 Å². The molecule has 2 N–H and O–H groups in total. The van der Waals surface area contributed by atoms with Crippen LogP contribution in [0.5, 0.6) is 11.5 Å². The maximum absolute atomic E-state index is 12.0. The molecular formula is C22H21BrN2O3. The van der Waals surface area contributed by atoms with Gasteiger partial charge in [0.2, 0.25) is 5.91 Å². The minimum atomic E-state index is -0.110. The molecule has 0 heterocycles. The molecule has 0 bridgehead atoms. The number of halogens is 1. The zero-order chi connectivity index (χ0) is 19.6. The molecule has 0 aliphatic heterocycles. The van der Waals surface area contributed by atoms with E-state index in [2.05, 4.69) is 26.6 Å². The molecule has 28 heavy (non-hydrogen) atoms. The van der Waals surface area contributed by atoms with Crippen molar-refractivity contribution in [2.24, 2.45) is 0 Å². The Morgan fingerprint density at radius 2 is 1.32 bits per heavy atom. The fraction of sp³-hybridized carbons (Fsp3) is 0.136. The summed E-state index contributed by atoms with van der Waals surface area (Å²) in [5.41, 5.74) is 1.61. The van der Waals surface area contributed by atoms with Crippen LogP contribution in [-0.2, 0) is 4.79 Å². The molecule has 0 spiro atoms. The molecule has 144 valence electrons. The molecule has 0 saturated carbocycles. The van der Waals surface area contributed by atoms with Gasteiger partial charge in [0.15, 0.2) is 0 Å². The van der Waals surface area contributed by atoms with Crippen LogP contribution in [0.4, 0.5) is 11.4 Å². The summed E-state index contributed by atoms with van der Waals surface area (Å²) in [6.07, 6.45) is 0. The Labute approximate surface area is 172 Å². The van der Waals surface area contributed by atoms with Crippen molar-refractivity contribution >= 4 is 33.2 Å². The SMILES string of the molecule is O=C(CNc1ccc(OCCOc2ccccc2)cc1)Nc1ccc(Br)cc1. The van der Waals surface area contributed by atoms with E-state index in [4.69, 9.17) is 9.47 Å². The predicted molar refractivity (Wildman–Crippen MR) is 115 cm³/mol. The van der Waals surface area contributed by atoms with E-state index in [-0.39, 0.29) is 12.5 Å². The van der Waals surface area contributed by atoms with Crippen molar-refractivity contribution in [3.63, 3.8) is 0 Å². The normalized spacial score (nSPS) is 10.2. The number of ether oxygens (including phenoxy) is 2. The molecule has 6 heteroatoms. The number of para-hydroxylation sites is 1. The second kappa shape index (κ2) is 10.4. The highest BCUT2D eigenvalue weighted by atomic mass is 79.9. The summed E-state index contributed by atoms with van der Waals surface area (Å²) in [4.78, 5) is 12.0. The van der Waals surface area contributed by atoms with Crippen molar-refractivity contribution in [2.45, 2.75) is 0 Å². The lowest BCUT2D eigenvalue weighted by molar-refractivity contribution is -0.114. The lowest BCUT2D eigenvalue weighted by Crippen LogP contribution is -2.21. The van der Waals surface area contributed by atoms with E-state index in [1.807, 2.05) is 78.9 Å². The highest BCUT2D eigenvalue weighted by molar-refractivity contribution is 9.10. The lowest BCUT2D eigenvalue weighted by atomic mass is 10.3. The van der Waals surface area contributed by atoms with Crippen LogP contribution < -0.4 is 20.1 Å². The average molecular weight is 441 g/mol. The van der Waals surface area contributed by atoms with Crippen molar-refractivity contribution in [2.75, 3.05) is 30.4 Å². The van der Waals surface area contributed by atoms with Gasteiger partial charge in [0.05, 0.1) is 6.54 Å². The van der Waals surface area contributed by atoms with E-state index in [0.717, 1.165) is 27.3 Å². The van der Waals surface area contributed by atoms with Crippen molar-refractivity contribution < 1.29 is 14.3 Å². The summed E-state index contributed by atoms with van der Waals surface area (Å²) in [7, 11) is 0. The van der Waals surface area contributed by atoms with Crippen LogP contribution in [0.15, 0.2) is 83.3 Å². The first kappa shape index (κ1) is 19.8. The number of amides is 1. The Kier molecular flexibility index (Phi) is 7.32. The summed E-state index contributed by atoms with van der Waals surface area (Å²) in [5.74, 6) is 1.47. The summed E-state index contributed by atoms with van der Waals surface area (Å²) < 4.78 is 12.2. The molecular weight excluding hydrogens is 420 g/mol. The summed E-state index contributed by atoms with van der Waals surface area (Å²) in [6, 6.07) is 24.5. The zero-order valence-electron chi connectivity index (χ0n) is 15.2. The smallest absolute Gasteiger partial charge is 0.243 e. The van der Waals surface area contributed by atoms with Crippen molar-refractivity contribution in [3.8, 4) is 11.5 Å². The molecule has 0 saturated heterocycles. The molecule has 5 nitrogen and oxygen atoms in total. The number of rotatable bonds is 9. The monoisotopic (exact) mass is 440 g/mol. The van der Waals surface area contributed by atoms with Gasteiger partial charge in [-0.3, -0.25) is 4.79 Å². The van der Waals surface area contributed by atoms with Crippen LogP contribution >= 0.6 is 15.9 Å². The fourth-order valence-electron chi connectivity index (χ4n) is 2.43. The second-order valence-electron chi connectivity index (χ2n) is 5.94. The second-order valence-corrected chi connectivity index (χ2v) is 6.86. The quantitative estimate of drug-likeness (QED) is 0.461.